The van der Waals surface area contributed by atoms with Gasteiger partial charge in [-0.25, -0.2) is 9.97 Å². The maximum atomic E-state index is 10.5. The van der Waals surface area contributed by atoms with Gasteiger partial charge in [0.15, 0.2) is 0 Å². The summed E-state index contributed by atoms with van der Waals surface area (Å²) < 4.78 is 2.25. The monoisotopic (exact) mass is 517 g/mol. The molecule has 4 aromatic carbocycles. The van der Waals surface area contributed by atoms with Crippen LogP contribution in [0.4, 0.5) is 0 Å². The van der Waals surface area contributed by atoms with Crippen LogP contribution < -0.4 is 0 Å². The summed E-state index contributed by atoms with van der Waals surface area (Å²) in [6, 6.07) is 39.0. The molecule has 0 saturated heterocycles. The molecular formula is C36H27N3O. The molecule has 0 bridgehead atoms. The van der Waals surface area contributed by atoms with Gasteiger partial charge in [0.2, 0.25) is 0 Å². The van der Waals surface area contributed by atoms with Crippen LogP contribution in [0.25, 0.3) is 61.3 Å². The summed E-state index contributed by atoms with van der Waals surface area (Å²) in [7, 11) is 0. The first-order chi connectivity index (χ1) is 19.6. The van der Waals surface area contributed by atoms with Gasteiger partial charge in [-0.15, -0.1) is 0 Å². The van der Waals surface area contributed by atoms with Gasteiger partial charge in [0.25, 0.3) is 0 Å². The van der Waals surface area contributed by atoms with Gasteiger partial charge in [0.1, 0.15) is 11.4 Å². The minimum absolute atomic E-state index is 0.216. The number of para-hydroxylation sites is 2. The standard InChI is InChI=1S/C36H27N3O/c1-23-10-7-11-24(2)35(23)26-20-25(31-15-8-16-32(38-31)30-13-4-6-18-34(30)40)21-27(22-26)39-33-17-5-3-12-28(33)29-14-9-19-37-36(29)39/h3-22,40H,1-2H3. The zero-order chi connectivity index (χ0) is 27.2. The number of phenolic OH excluding ortho intramolecular Hbond substituents is 1. The van der Waals surface area contributed by atoms with Crippen LogP contribution in [0, 0.1) is 13.8 Å². The van der Waals surface area contributed by atoms with E-state index < -0.39 is 0 Å². The maximum Gasteiger partial charge on any atom is 0.145 e. The fourth-order valence-corrected chi connectivity index (χ4v) is 5.80. The van der Waals surface area contributed by atoms with Gasteiger partial charge in [0, 0.05) is 33.8 Å². The number of nitrogens with zero attached hydrogens (tertiary/aromatic N) is 3. The second kappa shape index (κ2) is 9.51. The normalized spacial score (nSPS) is 11.3. The molecule has 0 spiro atoms. The lowest BCUT2D eigenvalue weighted by Crippen LogP contribution is -1.99. The Morgan fingerprint density at radius 1 is 0.625 bits per heavy atom. The Balaban J connectivity index is 1.52. The van der Waals surface area contributed by atoms with Crippen molar-refractivity contribution >= 4 is 21.9 Å². The van der Waals surface area contributed by atoms with Gasteiger partial charge in [-0.05, 0) is 96.8 Å². The van der Waals surface area contributed by atoms with E-state index >= 15 is 0 Å². The number of hydrogen-bond acceptors (Lipinski definition) is 3. The third-order valence-electron chi connectivity index (χ3n) is 7.60. The number of hydrogen-bond donors (Lipinski definition) is 1. The lowest BCUT2D eigenvalue weighted by atomic mass is 9.93. The van der Waals surface area contributed by atoms with Crippen molar-refractivity contribution in [2.24, 2.45) is 0 Å². The molecule has 0 atom stereocenters. The predicted molar refractivity (Wildman–Crippen MR) is 164 cm³/mol. The molecule has 40 heavy (non-hydrogen) atoms. The fraction of sp³-hybridized carbons (Fsp3) is 0.0556. The van der Waals surface area contributed by atoms with Gasteiger partial charge < -0.3 is 5.11 Å². The lowest BCUT2D eigenvalue weighted by Gasteiger charge is -2.16. The number of aromatic hydroxyl groups is 1. The molecule has 0 unspecified atom stereocenters. The zero-order valence-electron chi connectivity index (χ0n) is 22.3. The SMILES string of the molecule is Cc1cccc(C)c1-c1cc(-c2cccc(-c3ccccc3O)n2)cc(-n2c3ccccc3c3cccnc32)c1. The molecule has 0 aliphatic carbocycles. The highest BCUT2D eigenvalue weighted by Crippen LogP contribution is 2.37. The average molecular weight is 518 g/mol. The predicted octanol–water partition coefficient (Wildman–Crippen LogP) is 8.90. The summed E-state index contributed by atoms with van der Waals surface area (Å²) in [6.07, 6.45) is 1.85. The summed E-state index contributed by atoms with van der Waals surface area (Å²) in [5.74, 6) is 0.216. The molecule has 3 aromatic heterocycles. The summed E-state index contributed by atoms with van der Waals surface area (Å²) in [5.41, 5.74) is 11.1. The van der Waals surface area contributed by atoms with E-state index in [1.165, 1.54) is 22.1 Å². The zero-order valence-corrected chi connectivity index (χ0v) is 22.3. The molecule has 0 aliphatic rings. The molecule has 4 nitrogen and oxygen atoms in total. The second-order valence-electron chi connectivity index (χ2n) is 10.2. The fourth-order valence-electron chi connectivity index (χ4n) is 5.80. The van der Waals surface area contributed by atoms with Crippen molar-refractivity contribution < 1.29 is 5.11 Å². The van der Waals surface area contributed by atoms with E-state index in [1.54, 1.807) is 6.07 Å². The van der Waals surface area contributed by atoms with E-state index in [0.29, 0.717) is 5.56 Å². The number of aryl methyl sites for hydroxylation is 2. The molecule has 0 saturated carbocycles. The highest BCUT2D eigenvalue weighted by Gasteiger charge is 2.17. The molecule has 192 valence electrons. The molecule has 4 heteroatoms. The van der Waals surface area contributed by atoms with Crippen molar-refractivity contribution in [3.8, 4) is 45.1 Å². The Morgan fingerprint density at radius 3 is 2.17 bits per heavy atom. The first-order valence-electron chi connectivity index (χ1n) is 13.4. The minimum Gasteiger partial charge on any atom is -0.507 e. The highest BCUT2D eigenvalue weighted by molar-refractivity contribution is 6.08. The molecule has 0 radical (unpaired) electrons. The molecule has 0 aliphatic heterocycles. The number of benzene rings is 4. The van der Waals surface area contributed by atoms with Crippen LogP contribution >= 0.6 is 0 Å². The maximum absolute atomic E-state index is 10.5. The van der Waals surface area contributed by atoms with Gasteiger partial charge >= 0.3 is 0 Å². The van der Waals surface area contributed by atoms with Crippen LogP contribution in [0.1, 0.15) is 11.1 Å². The molecule has 0 amide bonds. The van der Waals surface area contributed by atoms with Crippen molar-refractivity contribution in [1.29, 1.82) is 0 Å². The van der Waals surface area contributed by atoms with Gasteiger partial charge in [-0.1, -0.05) is 54.6 Å². The Labute approximate surface area is 232 Å². The Kier molecular flexibility index (Phi) is 5.67. The molecule has 1 N–H and O–H groups in total. The van der Waals surface area contributed by atoms with E-state index in [-0.39, 0.29) is 5.75 Å². The molecule has 7 aromatic rings. The summed E-state index contributed by atoms with van der Waals surface area (Å²) in [6.45, 7) is 4.32. The average Bonchev–Trinajstić information content (AvgIpc) is 3.32. The number of pyridine rings is 2. The third kappa shape index (κ3) is 3.93. The first kappa shape index (κ1) is 23.9. The van der Waals surface area contributed by atoms with Crippen LogP contribution in [0.15, 0.2) is 121 Å². The van der Waals surface area contributed by atoms with E-state index in [0.717, 1.165) is 44.8 Å². The smallest absolute Gasteiger partial charge is 0.145 e. The topological polar surface area (TPSA) is 50.9 Å². The van der Waals surface area contributed by atoms with Crippen molar-refractivity contribution in [1.82, 2.24) is 14.5 Å². The largest absolute Gasteiger partial charge is 0.507 e. The Hall–Kier alpha value is -5.22. The third-order valence-corrected chi connectivity index (χ3v) is 7.60. The quantitative estimate of drug-likeness (QED) is 0.254. The summed E-state index contributed by atoms with van der Waals surface area (Å²) in [4.78, 5) is 9.83. The molecular weight excluding hydrogens is 490 g/mol. The molecule has 0 fully saturated rings. The Morgan fingerprint density at radius 2 is 1.32 bits per heavy atom. The van der Waals surface area contributed by atoms with Crippen LogP contribution in [0.2, 0.25) is 0 Å². The van der Waals surface area contributed by atoms with Crippen LogP contribution in [0.3, 0.4) is 0 Å². The van der Waals surface area contributed by atoms with Crippen molar-refractivity contribution in [2.75, 3.05) is 0 Å². The van der Waals surface area contributed by atoms with Crippen LogP contribution in [-0.4, -0.2) is 19.6 Å². The van der Waals surface area contributed by atoms with Crippen LogP contribution in [-0.2, 0) is 0 Å². The molecule has 3 heterocycles. The Bertz CT molecular complexity index is 1980. The van der Waals surface area contributed by atoms with Gasteiger partial charge in [0.05, 0.1) is 16.9 Å². The van der Waals surface area contributed by atoms with Crippen molar-refractivity contribution in [3.05, 3.63) is 133 Å². The lowest BCUT2D eigenvalue weighted by molar-refractivity contribution is 0.477. The van der Waals surface area contributed by atoms with E-state index in [1.807, 2.05) is 48.7 Å². The number of aromatic nitrogens is 3. The van der Waals surface area contributed by atoms with Crippen molar-refractivity contribution in [3.63, 3.8) is 0 Å². The van der Waals surface area contributed by atoms with Gasteiger partial charge in [-0.3, -0.25) is 4.57 Å². The van der Waals surface area contributed by atoms with Gasteiger partial charge in [-0.2, -0.15) is 0 Å². The van der Waals surface area contributed by atoms with E-state index in [4.69, 9.17) is 9.97 Å². The number of fused-ring (bicyclic) bond motifs is 3. The number of phenols is 1. The summed E-state index contributed by atoms with van der Waals surface area (Å²) >= 11 is 0. The number of rotatable bonds is 4. The van der Waals surface area contributed by atoms with E-state index in [9.17, 15) is 5.11 Å². The summed E-state index contributed by atoms with van der Waals surface area (Å²) in [5, 5.41) is 12.8. The van der Waals surface area contributed by atoms with Crippen molar-refractivity contribution in [2.45, 2.75) is 13.8 Å². The van der Waals surface area contributed by atoms with Crippen LogP contribution in [0.5, 0.6) is 5.75 Å². The van der Waals surface area contributed by atoms with E-state index in [2.05, 4.69) is 85.1 Å². The second-order valence-corrected chi connectivity index (χ2v) is 10.2. The minimum atomic E-state index is 0.216. The first-order valence-corrected chi connectivity index (χ1v) is 13.4. The highest BCUT2D eigenvalue weighted by atomic mass is 16.3. The molecule has 7 rings (SSSR count).